The number of phenolic OH excluding ortho intramolecular Hbond substituents is 2. The number of hydrogen-bond acceptors (Lipinski definition) is 3. The fourth-order valence-electron chi connectivity index (χ4n) is 3.67. The summed E-state index contributed by atoms with van der Waals surface area (Å²) in [5, 5.41) is 19.7. The minimum atomic E-state index is 0.303. The second-order valence-corrected chi connectivity index (χ2v) is 6.61. The molecule has 2 rings (SSSR count). The molecule has 3 nitrogen and oxygen atoms in total. The summed E-state index contributed by atoms with van der Waals surface area (Å²) in [7, 11) is 1.70. The van der Waals surface area contributed by atoms with E-state index >= 15 is 0 Å². The van der Waals surface area contributed by atoms with E-state index in [0.717, 1.165) is 31.2 Å². The first-order valence-electron chi connectivity index (χ1n) is 9.20. The zero-order valence-electron chi connectivity index (χ0n) is 15.5. The lowest BCUT2D eigenvalue weighted by Crippen LogP contribution is -2.11. The number of aryl methyl sites for hydroxylation is 1. The van der Waals surface area contributed by atoms with Crippen LogP contribution in [-0.4, -0.2) is 23.9 Å². The molecule has 0 spiro atoms. The van der Waals surface area contributed by atoms with Gasteiger partial charge in [-0.25, -0.2) is 0 Å². The van der Waals surface area contributed by atoms with Crippen LogP contribution in [0, 0.1) is 0 Å². The maximum absolute atomic E-state index is 10.2. The summed E-state index contributed by atoms with van der Waals surface area (Å²) in [6, 6.07) is 13.6. The smallest absolute Gasteiger partial charge is 0.118 e. The molecule has 0 aromatic heterocycles. The van der Waals surface area contributed by atoms with Crippen molar-refractivity contribution in [2.24, 2.45) is 0 Å². The first-order valence-corrected chi connectivity index (χ1v) is 9.20. The molecule has 2 aromatic carbocycles. The van der Waals surface area contributed by atoms with Crippen molar-refractivity contribution in [2.75, 3.05) is 13.7 Å². The van der Waals surface area contributed by atoms with Crippen LogP contribution in [0.1, 0.15) is 61.6 Å². The molecule has 0 aliphatic carbocycles. The highest BCUT2D eigenvalue weighted by atomic mass is 16.5. The lowest BCUT2D eigenvalue weighted by molar-refractivity contribution is 0.195. The first-order chi connectivity index (χ1) is 12.1. The topological polar surface area (TPSA) is 49.7 Å². The van der Waals surface area contributed by atoms with Crippen LogP contribution in [0.25, 0.3) is 0 Å². The highest BCUT2D eigenvalue weighted by Crippen LogP contribution is 2.39. The summed E-state index contributed by atoms with van der Waals surface area (Å²) < 4.78 is 5.12. The molecule has 0 saturated heterocycles. The summed E-state index contributed by atoms with van der Waals surface area (Å²) in [4.78, 5) is 0. The third kappa shape index (κ3) is 4.99. The molecule has 0 saturated carbocycles. The third-order valence-electron chi connectivity index (χ3n) is 5.01. The highest BCUT2D eigenvalue weighted by Gasteiger charge is 2.22. The second-order valence-electron chi connectivity index (χ2n) is 6.61. The molecule has 0 radical (unpaired) electrons. The average Bonchev–Trinajstić information content (AvgIpc) is 2.62. The fraction of sp³-hybridized carbons (Fsp3) is 0.455. The highest BCUT2D eigenvalue weighted by molar-refractivity contribution is 5.40. The van der Waals surface area contributed by atoms with Crippen molar-refractivity contribution in [3.63, 3.8) is 0 Å². The Kier molecular flexibility index (Phi) is 7.32. The minimum Gasteiger partial charge on any atom is -0.508 e. The van der Waals surface area contributed by atoms with Gasteiger partial charge in [0.15, 0.2) is 0 Å². The van der Waals surface area contributed by atoms with Crippen molar-refractivity contribution in [2.45, 2.75) is 51.4 Å². The molecule has 2 unspecified atom stereocenters. The Morgan fingerprint density at radius 3 is 2.08 bits per heavy atom. The predicted octanol–water partition coefficient (Wildman–Crippen LogP) is 5.36. The van der Waals surface area contributed by atoms with Gasteiger partial charge >= 0.3 is 0 Å². The Labute approximate surface area is 151 Å². The quantitative estimate of drug-likeness (QED) is 0.603. The Bertz CT molecular complexity index is 649. The molecule has 0 heterocycles. The lowest BCUT2D eigenvalue weighted by atomic mass is 9.78. The zero-order valence-corrected chi connectivity index (χ0v) is 15.5. The van der Waals surface area contributed by atoms with E-state index in [9.17, 15) is 10.2 Å². The zero-order chi connectivity index (χ0) is 18.2. The number of methoxy groups -OCH3 is 1. The van der Waals surface area contributed by atoms with Crippen LogP contribution in [0.5, 0.6) is 11.5 Å². The Balaban J connectivity index is 2.28. The van der Waals surface area contributed by atoms with Crippen LogP contribution in [0.3, 0.4) is 0 Å². The molecule has 0 bridgehead atoms. The standard InChI is InChI=1S/C22H30O3/c1-4-20(16-8-11-19(23)12-9-16)21(5-2)17-10-13-22(24)18(15-17)7-6-14-25-3/h8-13,15,20-21,23-24H,4-7,14H2,1-3H3. The van der Waals surface area contributed by atoms with Gasteiger partial charge in [-0.3, -0.25) is 0 Å². The van der Waals surface area contributed by atoms with Crippen molar-refractivity contribution in [1.82, 2.24) is 0 Å². The summed E-state index contributed by atoms with van der Waals surface area (Å²) in [5.41, 5.74) is 3.52. The number of phenols is 2. The van der Waals surface area contributed by atoms with E-state index in [4.69, 9.17) is 4.74 Å². The van der Waals surface area contributed by atoms with Gasteiger partial charge in [-0.1, -0.05) is 38.1 Å². The molecule has 2 N–H and O–H groups in total. The van der Waals surface area contributed by atoms with Crippen LogP contribution in [-0.2, 0) is 11.2 Å². The van der Waals surface area contributed by atoms with Gasteiger partial charge in [0.1, 0.15) is 11.5 Å². The van der Waals surface area contributed by atoms with Gasteiger partial charge in [-0.15, -0.1) is 0 Å². The monoisotopic (exact) mass is 342 g/mol. The third-order valence-corrected chi connectivity index (χ3v) is 5.01. The molecular weight excluding hydrogens is 312 g/mol. The van der Waals surface area contributed by atoms with Gasteiger partial charge in [0.05, 0.1) is 0 Å². The predicted molar refractivity (Wildman–Crippen MR) is 102 cm³/mol. The molecule has 0 aliphatic rings. The normalized spacial score (nSPS) is 13.6. The van der Waals surface area contributed by atoms with Crippen molar-refractivity contribution in [3.05, 3.63) is 59.2 Å². The Morgan fingerprint density at radius 2 is 1.48 bits per heavy atom. The van der Waals surface area contributed by atoms with Crippen LogP contribution in [0.15, 0.2) is 42.5 Å². The first kappa shape index (κ1) is 19.3. The van der Waals surface area contributed by atoms with Crippen molar-refractivity contribution in [3.8, 4) is 11.5 Å². The van der Waals surface area contributed by atoms with Gasteiger partial charge in [-0.05, 0) is 72.4 Å². The SMILES string of the molecule is CCC(c1ccc(O)cc1)C(CC)c1ccc(O)c(CCCOC)c1. The molecule has 2 aromatic rings. The van der Waals surface area contributed by atoms with Crippen LogP contribution in [0.2, 0.25) is 0 Å². The molecule has 2 atom stereocenters. The van der Waals surface area contributed by atoms with Crippen LogP contribution in [0.4, 0.5) is 0 Å². The van der Waals surface area contributed by atoms with Gasteiger partial charge < -0.3 is 14.9 Å². The lowest BCUT2D eigenvalue weighted by Gasteiger charge is -2.27. The molecule has 0 aliphatic heterocycles. The van der Waals surface area contributed by atoms with E-state index in [1.807, 2.05) is 24.3 Å². The van der Waals surface area contributed by atoms with Crippen molar-refractivity contribution >= 4 is 0 Å². The van der Waals surface area contributed by atoms with E-state index in [0.29, 0.717) is 29.9 Å². The number of aromatic hydroxyl groups is 2. The maximum Gasteiger partial charge on any atom is 0.118 e. The molecule has 0 fully saturated rings. The van der Waals surface area contributed by atoms with E-state index < -0.39 is 0 Å². The molecule has 3 heteroatoms. The number of rotatable bonds is 9. The number of benzene rings is 2. The summed E-state index contributed by atoms with van der Waals surface area (Å²) in [5.74, 6) is 1.45. The van der Waals surface area contributed by atoms with Gasteiger partial charge in [-0.2, -0.15) is 0 Å². The van der Waals surface area contributed by atoms with E-state index in [1.165, 1.54) is 11.1 Å². The number of hydrogen-bond donors (Lipinski definition) is 2. The maximum atomic E-state index is 10.2. The molecular formula is C22H30O3. The van der Waals surface area contributed by atoms with Gasteiger partial charge in [0.25, 0.3) is 0 Å². The van der Waals surface area contributed by atoms with E-state index in [-0.39, 0.29) is 0 Å². The van der Waals surface area contributed by atoms with Crippen molar-refractivity contribution in [1.29, 1.82) is 0 Å². The van der Waals surface area contributed by atoms with Crippen LogP contribution < -0.4 is 0 Å². The average molecular weight is 342 g/mol. The summed E-state index contributed by atoms with van der Waals surface area (Å²) >= 11 is 0. The van der Waals surface area contributed by atoms with Gasteiger partial charge in [0, 0.05) is 13.7 Å². The van der Waals surface area contributed by atoms with E-state index in [2.05, 4.69) is 19.9 Å². The molecule has 136 valence electrons. The summed E-state index contributed by atoms with van der Waals surface area (Å²) in [6.45, 7) is 5.12. The van der Waals surface area contributed by atoms with Crippen LogP contribution >= 0.6 is 0 Å². The molecule has 25 heavy (non-hydrogen) atoms. The fourth-order valence-corrected chi connectivity index (χ4v) is 3.67. The van der Waals surface area contributed by atoms with Gasteiger partial charge in [0.2, 0.25) is 0 Å². The largest absolute Gasteiger partial charge is 0.508 e. The minimum absolute atomic E-state index is 0.303. The number of ether oxygens (including phenoxy) is 1. The second kappa shape index (κ2) is 9.47. The Morgan fingerprint density at radius 1 is 0.880 bits per heavy atom. The molecule has 0 amide bonds. The van der Waals surface area contributed by atoms with Crippen molar-refractivity contribution < 1.29 is 14.9 Å². The van der Waals surface area contributed by atoms with E-state index in [1.54, 1.807) is 19.2 Å². The Hall–Kier alpha value is -2.00. The summed E-state index contributed by atoms with van der Waals surface area (Å²) in [6.07, 6.45) is 3.78.